The summed E-state index contributed by atoms with van der Waals surface area (Å²) in [6, 6.07) is 0.531. The predicted octanol–water partition coefficient (Wildman–Crippen LogP) is 0.223. The third-order valence-corrected chi connectivity index (χ3v) is 3.52. The number of H-pyrrole nitrogens is 1. The zero-order chi connectivity index (χ0) is 11.7. The first-order valence-corrected chi connectivity index (χ1v) is 6.12. The van der Waals surface area contributed by atoms with Crippen molar-refractivity contribution in [2.75, 3.05) is 32.1 Å². The minimum atomic E-state index is 0.531. The maximum absolute atomic E-state index is 4.56. The zero-order valence-corrected chi connectivity index (χ0v) is 10.0. The predicted molar refractivity (Wildman–Crippen MR) is 67.3 cm³/mol. The number of rotatable bonds is 1. The van der Waals surface area contributed by atoms with E-state index in [4.69, 9.17) is 0 Å². The highest BCUT2D eigenvalue weighted by Crippen LogP contribution is 2.20. The number of likely N-dealkylation sites (N-methyl/N-ethyl adjacent to an activating group) is 1. The van der Waals surface area contributed by atoms with Crippen LogP contribution in [-0.4, -0.2) is 53.8 Å². The Bertz CT molecular complexity index is 417. The van der Waals surface area contributed by atoms with E-state index in [1.807, 2.05) is 6.20 Å². The van der Waals surface area contributed by atoms with Crippen molar-refractivity contribution in [3.8, 4) is 0 Å². The molecule has 3 N–H and O–H groups in total. The summed E-state index contributed by atoms with van der Waals surface area (Å²) >= 11 is 0. The molecule has 1 saturated heterocycles. The third kappa shape index (κ3) is 1.88. The number of hydrogen-bond acceptors (Lipinski definition) is 5. The van der Waals surface area contributed by atoms with Gasteiger partial charge in [-0.15, -0.1) is 0 Å². The molecule has 0 bridgehead atoms. The van der Waals surface area contributed by atoms with E-state index in [9.17, 15) is 0 Å². The number of amidine groups is 1. The van der Waals surface area contributed by atoms with E-state index < -0.39 is 0 Å². The average molecular weight is 234 g/mol. The topological polar surface area (TPSA) is 68.3 Å². The highest BCUT2D eigenvalue weighted by molar-refractivity contribution is 6.03. The molecule has 2 aliphatic heterocycles. The van der Waals surface area contributed by atoms with E-state index in [1.54, 1.807) is 0 Å². The van der Waals surface area contributed by atoms with Gasteiger partial charge < -0.3 is 15.5 Å². The van der Waals surface area contributed by atoms with Gasteiger partial charge >= 0.3 is 0 Å². The lowest BCUT2D eigenvalue weighted by molar-refractivity contribution is 0.293. The molecule has 0 spiro atoms. The van der Waals surface area contributed by atoms with Crippen molar-refractivity contribution in [1.29, 1.82) is 0 Å². The second-order valence-corrected chi connectivity index (χ2v) is 4.59. The maximum atomic E-state index is 4.56. The van der Waals surface area contributed by atoms with Crippen molar-refractivity contribution in [2.24, 2.45) is 4.99 Å². The fraction of sp³-hybridized carbons (Fsp3) is 0.636. The lowest BCUT2D eigenvalue weighted by atomic mass is 10.1. The minimum absolute atomic E-state index is 0.531. The van der Waals surface area contributed by atoms with Crippen molar-refractivity contribution in [3.63, 3.8) is 0 Å². The van der Waals surface area contributed by atoms with Crippen LogP contribution in [0.3, 0.4) is 0 Å². The second kappa shape index (κ2) is 4.37. The van der Waals surface area contributed by atoms with Crippen molar-refractivity contribution >= 4 is 11.7 Å². The Morgan fingerprint density at radius 3 is 3.24 bits per heavy atom. The summed E-state index contributed by atoms with van der Waals surface area (Å²) in [4.78, 5) is 6.84. The Hall–Kier alpha value is -1.56. The molecule has 3 rings (SSSR count). The van der Waals surface area contributed by atoms with Gasteiger partial charge in [-0.2, -0.15) is 5.10 Å². The van der Waals surface area contributed by atoms with Gasteiger partial charge in [-0.3, -0.25) is 5.10 Å². The molecule has 1 unspecified atom stereocenters. The molecule has 17 heavy (non-hydrogen) atoms. The maximum Gasteiger partial charge on any atom is 0.138 e. The van der Waals surface area contributed by atoms with Gasteiger partial charge in [-0.05, 0) is 19.4 Å². The molecule has 0 saturated carbocycles. The molecule has 92 valence electrons. The Morgan fingerprint density at radius 1 is 1.47 bits per heavy atom. The lowest BCUT2D eigenvalue weighted by Crippen LogP contribution is -2.47. The molecule has 2 aliphatic rings. The summed E-state index contributed by atoms with van der Waals surface area (Å²) in [6.07, 6.45) is 4.30. The Balaban J connectivity index is 1.81. The van der Waals surface area contributed by atoms with Crippen LogP contribution in [-0.2, 0) is 0 Å². The smallest absolute Gasteiger partial charge is 0.138 e. The van der Waals surface area contributed by atoms with E-state index in [0.717, 1.165) is 30.3 Å². The Labute approximate surface area is 100 Å². The van der Waals surface area contributed by atoms with Crippen molar-refractivity contribution in [1.82, 2.24) is 20.4 Å². The van der Waals surface area contributed by atoms with E-state index in [-0.39, 0.29) is 0 Å². The number of piperidine rings is 1. The van der Waals surface area contributed by atoms with Crippen LogP contribution in [0.4, 0.5) is 5.82 Å². The van der Waals surface area contributed by atoms with Crippen LogP contribution in [0.15, 0.2) is 11.2 Å². The van der Waals surface area contributed by atoms with Crippen molar-refractivity contribution in [2.45, 2.75) is 18.9 Å². The Kier molecular flexibility index (Phi) is 2.72. The number of aromatic amines is 1. The van der Waals surface area contributed by atoms with Crippen LogP contribution in [0.2, 0.25) is 0 Å². The van der Waals surface area contributed by atoms with Crippen LogP contribution in [0, 0.1) is 0 Å². The van der Waals surface area contributed by atoms with Gasteiger partial charge in [-0.1, -0.05) is 0 Å². The first-order chi connectivity index (χ1) is 8.36. The van der Waals surface area contributed by atoms with Gasteiger partial charge in [0.25, 0.3) is 0 Å². The molecule has 0 radical (unpaired) electrons. The second-order valence-electron chi connectivity index (χ2n) is 4.59. The summed E-state index contributed by atoms with van der Waals surface area (Å²) in [6.45, 7) is 2.79. The SMILES string of the molecule is CN(C1=NCNc2[nH]ncc21)C1CCCNC1. The van der Waals surface area contributed by atoms with Crippen LogP contribution in [0.1, 0.15) is 18.4 Å². The molecule has 0 aliphatic carbocycles. The first-order valence-electron chi connectivity index (χ1n) is 6.12. The standard InChI is InChI=1S/C11H18N6/c1-17(8-3-2-4-12-5-8)11-9-6-15-16-10(9)13-7-14-11/h6,8,12H,2-5,7H2,1H3,(H2,13,15,16). The molecule has 1 atom stereocenters. The van der Waals surface area contributed by atoms with Gasteiger partial charge in [0.05, 0.1) is 11.8 Å². The number of aliphatic imine (C=N–C) groups is 1. The molecule has 3 heterocycles. The molecular weight excluding hydrogens is 216 g/mol. The van der Waals surface area contributed by atoms with Crippen LogP contribution in [0.5, 0.6) is 0 Å². The molecule has 1 aromatic rings. The monoisotopic (exact) mass is 234 g/mol. The summed E-state index contributed by atoms with van der Waals surface area (Å²) in [5.74, 6) is 2.02. The summed E-state index contributed by atoms with van der Waals surface area (Å²) in [7, 11) is 2.12. The number of nitrogens with one attached hydrogen (secondary N) is 3. The van der Waals surface area contributed by atoms with Gasteiger partial charge in [0, 0.05) is 19.6 Å². The molecule has 1 fully saturated rings. The zero-order valence-electron chi connectivity index (χ0n) is 10.0. The number of hydrogen-bond donors (Lipinski definition) is 3. The summed E-state index contributed by atoms with van der Waals surface area (Å²) in [5.41, 5.74) is 1.07. The highest BCUT2D eigenvalue weighted by Gasteiger charge is 2.25. The molecule has 0 aromatic carbocycles. The van der Waals surface area contributed by atoms with Crippen molar-refractivity contribution in [3.05, 3.63) is 11.8 Å². The lowest BCUT2D eigenvalue weighted by Gasteiger charge is -2.34. The van der Waals surface area contributed by atoms with E-state index >= 15 is 0 Å². The summed E-state index contributed by atoms with van der Waals surface area (Å²) in [5, 5.41) is 13.7. The molecule has 6 heteroatoms. The number of aromatic nitrogens is 2. The number of fused-ring (bicyclic) bond motifs is 1. The fourth-order valence-electron chi connectivity index (χ4n) is 2.51. The van der Waals surface area contributed by atoms with Gasteiger partial charge in [-0.25, -0.2) is 4.99 Å². The van der Waals surface area contributed by atoms with Crippen molar-refractivity contribution < 1.29 is 0 Å². The average Bonchev–Trinajstić information content (AvgIpc) is 2.87. The number of nitrogens with zero attached hydrogens (tertiary/aromatic N) is 3. The van der Waals surface area contributed by atoms with Crippen LogP contribution >= 0.6 is 0 Å². The van der Waals surface area contributed by atoms with Crippen LogP contribution < -0.4 is 10.6 Å². The third-order valence-electron chi connectivity index (χ3n) is 3.52. The molecule has 0 amide bonds. The molecule has 1 aromatic heterocycles. The van der Waals surface area contributed by atoms with Gasteiger partial charge in [0.15, 0.2) is 0 Å². The fourth-order valence-corrected chi connectivity index (χ4v) is 2.51. The normalized spacial score (nSPS) is 23.6. The highest BCUT2D eigenvalue weighted by atomic mass is 15.3. The number of anilines is 1. The quantitative estimate of drug-likeness (QED) is 0.650. The largest absolute Gasteiger partial charge is 0.355 e. The minimum Gasteiger partial charge on any atom is -0.355 e. The van der Waals surface area contributed by atoms with E-state index in [0.29, 0.717) is 12.7 Å². The van der Waals surface area contributed by atoms with Gasteiger partial charge in [0.1, 0.15) is 18.3 Å². The van der Waals surface area contributed by atoms with E-state index in [2.05, 4.69) is 37.8 Å². The van der Waals surface area contributed by atoms with Gasteiger partial charge in [0.2, 0.25) is 0 Å². The Morgan fingerprint density at radius 2 is 2.41 bits per heavy atom. The van der Waals surface area contributed by atoms with Crippen LogP contribution in [0.25, 0.3) is 0 Å². The molecule has 6 nitrogen and oxygen atoms in total. The van der Waals surface area contributed by atoms with E-state index in [1.165, 1.54) is 12.8 Å². The summed E-state index contributed by atoms with van der Waals surface area (Å²) < 4.78 is 0. The first kappa shape index (κ1) is 10.6. The molecular formula is C11H18N6.